The van der Waals surface area contributed by atoms with E-state index in [1.165, 1.54) is 0 Å². The molecule has 10 unspecified atom stereocenters. The molecular formula is C32H40O17S. The van der Waals surface area contributed by atoms with Crippen LogP contribution in [0.5, 0.6) is 0 Å². The Morgan fingerprint density at radius 2 is 0.940 bits per heavy atom. The Morgan fingerprint density at radius 3 is 1.42 bits per heavy atom. The summed E-state index contributed by atoms with van der Waals surface area (Å²) in [6.07, 6.45) is -12.7. The van der Waals surface area contributed by atoms with Crippen molar-refractivity contribution in [2.75, 3.05) is 13.2 Å². The van der Waals surface area contributed by atoms with E-state index in [0.29, 0.717) is 4.90 Å². The van der Waals surface area contributed by atoms with Gasteiger partial charge in [-0.15, -0.1) is 0 Å². The standard InChI is InChI=1S/C32H40O17S/c1-15(33)40-13-23-25(42-16(2)34)27(44-18(4)36)29(46-20(6)38)31(48-23)41-14-24-26(43-17(3)35)28(45-19(5)37)30(47-21(7)39)32(49-24)50-22-11-9-8-10-12-22/h8-12,23-32H,13-14H2,1-7H3. The molecule has 1 aromatic carbocycles. The van der Waals surface area contributed by atoms with Crippen LogP contribution in [0.25, 0.3) is 0 Å². The molecule has 1 aromatic rings. The predicted molar refractivity (Wildman–Crippen MR) is 166 cm³/mol. The van der Waals surface area contributed by atoms with Gasteiger partial charge in [-0.2, -0.15) is 0 Å². The second-order valence-corrected chi connectivity index (χ2v) is 12.3. The van der Waals surface area contributed by atoms with Crippen LogP contribution in [-0.4, -0.2) is 116 Å². The lowest BCUT2D eigenvalue weighted by molar-refractivity contribution is -0.317. The highest BCUT2D eigenvalue weighted by Gasteiger charge is 2.55. The number of hydrogen-bond acceptors (Lipinski definition) is 18. The van der Waals surface area contributed by atoms with Gasteiger partial charge in [-0.3, -0.25) is 33.6 Å². The fourth-order valence-corrected chi connectivity index (χ4v) is 6.36. The average Bonchev–Trinajstić information content (AvgIpc) is 3.00. The maximum Gasteiger partial charge on any atom is 0.303 e. The van der Waals surface area contributed by atoms with E-state index in [4.69, 9.17) is 47.4 Å². The minimum atomic E-state index is -1.60. The van der Waals surface area contributed by atoms with Crippen LogP contribution in [0.3, 0.4) is 0 Å². The first-order valence-corrected chi connectivity index (χ1v) is 16.2. The van der Waals surface area contributed by atoms with E-state index in [1.807, 2.05) is 0 Å². The molecule has 3 rings (SSSR count). The van der Waals surface area contributed by atoms with Crippen molar-refractivity contribution in [1.82, 2.24) is 0 Å². The third-order valence-corrected chi connectivity index (χ3v) is 8.02. The maximum absolute atomic E-state index is 12.3. The van der Waals surface area contributed by atoms with Crippen LogP contribution in [0.1, 0.15) is 48.5 Å². The summed E-state index contributed by atoms with van der Waals surface area (Å²) in [5.41, 5.74) is -1.05. The highest BCUT2D eigenvalue weighted by molar-refractivity contribution is 7.99. The van der Waals surface area contributed by atoms with Gasteiger partial charge in [-0.25, -0.2) is 0 Å². The van der Waals surface area contributed by atoms with Crippen LogP contribution < -0.4 is 0 Å². The molecule has 0 aromatic heterocycles. The molecule has 0 saturated carbocycles. The molecule has 0 bridgehead atoms. The highest BCUT2D eigenvalue weighted by atomic mass is 32.2. The van der Waals surface area contributed by atoms with Crippen molar-refractivity contribution in [3.63, 3.8) is 0 Å². The number of benzene rings is 1. The van der Waals surface area contributed by atoms with Crippen LogP contribution >= 0.6 is 11.8 Å². The minimum absolute atomic E-state index is 0.498. The van der Waals surface area contributed by atoms with E-state index in [9.17, 15) is 33.6 Å². The van der Waals surface area contributed by atoms with Gasteiger partial charge in [0.25, 0.3) is 0 Å². The van der Waals surface area contributed by atoms with E-state index >= 15 is 0 Å². The molecule has 2 saturated heterocycles. The largest absolute Gasteiger partial charge is 0.463 e. The molecule has 0 radical (unpaired) electrons. The van der Waals surface area contributed by atoms with Gasteiger partial charge in [0.2, 0.25) is 0 Å². The third kappa shape index (κ3) is 12.0. The van der Waals surface area contributed by atoms with Crippen molar-refractivity contribution in [2.45, 2.75) is 114 Å². The lowest BCUT2D eigenvalue weighted by atomic mass is 9.97. The van der Waals surface area contributed by atoms with Crippen molar-refractivity contribution in [2.24, 2.45) is 0 Å². The Bertz CT molecular complexity index is 1390. The van der Waals surface area contributed by atoms with Gasteiger partial charge in [-0.1, -0.05) is 30.0 Å². The van der Waals surface area contributed by atoms with E-state index in [2.05, 4.69) is 0 Å². The molecule has 17 nitrogen and oxygen atoms in total. The molecule has 2 aliphatic rings. The van der Waals surface area contributed by atoms with Crippen molar-refractivity contribution in [3.8, 4) is 0 Å². The summed E-state index contributed by atoms with van der Waals surface area (Å²) in [7, 11) is 0. The number of rotatable bonds is 13. The summed E-state index contributed by atoms with van der Waals surface area (Å²) in [6, 6.07) is 8.85. The second-order valence-electron chi connectivity index (χ2n) is 11.1. The highest BCUT2D eigenvalue weighted by Crippen LogP contribution is 2.38. The zero-order chi connectivity index (χ0) is 37.1. The van der Waals surface area contributed by atoms with Crippen LogP contribution in [0.4, 0.5) is 0 Å². The summed E-state index contributed by atoms with van der Waals surface area (Å²) in [5, 5.41) is 0. The fourth-order valence-electron chi connectivity index (χ4n) is 5.23. The minimum Gasteiger partial charge on any atom is -0.463 e. The molecule has 2 heterocycles. The Kier molecular flexibility index (Phi) is 15.0. The number of hydrogen-bond donors (Lipinski definition) is 0. The van der Waals surface area contributed by atoms with Crippen molar-refractivity contribution in [3.05, 3.63) is 30.3 Å². The Labute approximate surface area is 291 Å². The molecule has 18 heteroatoms. The number of carbonyl (C=O) groups is 7. The first kappa shape index (κ1) is 40.2. The fraction of sp³-hybridized carbons (Fsp3) is 0.594. The maximum atomic E-state index is 12.3. The lowest BCUT2D eigenvalue weighted by Gasteiger charge is -2.46. The van der Waals surface area contributed by atoms with Crippen molar-refractivity contribution < 1.29 is 80.9 Å². The Balaban J connectivity index is 2.05. The average molecular weight is 729 g/mol. The Hall–Kier alpha value is -4.26. The van der Waals surface area contributed by atoms with Gasteiger partial charge in [-0.05, 0) is 12.1 Å². The topological polar surface area (TPSA) is 212 Å². The molecular weight excluding hydrogens is 688 g/mol. The lowest BCUT2D eigenvalue weighted by Crippen LogP contribution is -2.64. The van der Waals surface area contributed by atoms with Gasteiger partial charge in [0.1, 0.15) is 24.3 Å². The van der Waals surface area contributed by atoms with Crippen LogP contribution in [0, 0.1) is 0 Å². The van der Waals surface area contributed by atoms with Gasteiger partial charge in [0.05, 0.1) is 6.61 Å². The first-order valence-electron chi connectivity index (χ1n) is 15.4. The molecule has 2 aliphatic heterocycles. The third-order valence-electron chi connectivity index (χ3n) is 6.87. The molecule has 0 N–H and O–H groups in total. The quantitative estimate of drug-likeness (QED) is 0.207. The van der Waals surface area contributed by atoms with Crippen LogP contribution in [0.15, 0.2) is 35.2 Å². The number of esters is 7. The van der Waals surface area contributed by atoms with E-state index in [-0.39, 0.29) is 0 Å². The van der Waals surface area contributed by atoms with Gasteiger partial charge in [0, 0.05) is 53.4 Å². The molecule has 0 spiro atoms. The summed E-state index contributed by atoms with van der Waals surface area (Å²) in [4.78, 5) is 85.7. The van der Waals surface area contributed by atoms with Crippen molar-refractivity contribution in [1.29, 1.82) is 0 Å². The number of ether oxygens (including phenoxy) is 10. The SMILES string of the molecule is CC(=O)OCC1OC(OCC2OC(Sc3ccccc3)C(OC(C)=O)C(OC(C)=O)C2OC(C)=O)C(OC(C)=O)C(OC(C)=O)C1OC(C)=O. The molecule has 0 amide bonds. The van der Waals surface area contributed by atoms with Crippen LogP contribution in [-0.2, 0) is 80.9 Å². The summed E-state index contributed by atoms with van der Waals surface area (Å²) >= 11 is 1.12. The van der Waals surface area contributed by atoms with E-state index < -0.39 is 116 Å². The van der Waals surface area contributed by atoms with E-state index in [0.717, 1.165) is 60.2 Å². The molecule has 50 heavy (non-hydrogen) atoms. The smallest absolute Gasteiger partial charge is 0.303 e. The number of carbonyl (C=O) groups excluding carboxylic acids is 7. The Morgan fingerprint density at radius 1 is 0.520 bits per heavy atom. The summed E-state index contributed by atoms with van der Waals surface area (Å²) in [5.74, 6) is -5.54. The molecule has 276 valence electrons. The first-order chi connectivity index (χ1) is 23.5. The van der Waals surface area contributed by atoms with Gasteiger partial charge >= 0.3 is 41.8 Å². The van der Waals surface area contributed by atoms with Gasteiger partial charge in [0.15, 0.2) is 42.9 Å². The van der Waals surface area contributed by atoms with E-state index in [1.54, 1.807) is 30.3 Å². The second kappa shape index (κ2) is 18.7. The zero-order valence-electron chi connectivity index (χ0n) is 28.4. The molecule has 2 fully saturated rings. The van der Waals surface area contributed by atoms with Crippen molar-refractivity contribution >= 4 is 53.5 Å². The predicted octanol–water partition coefficient (Wildman–Crippen LogP) is 1.40. The van der Waals surface area contributed by atoms with Gasteiger partial charge < -0.3 is 47.4 Å². The number of thioether (sulfide) groups is 1. The normalized spacial score (nSPS) is 29.0. The summed E-state index contributed by atoms with van der Waals surface area (Å²) < 4.78 is 56.4. The monoisotopic (exact) mass is 728 g/mol. The van der Waals surface area contributed by atoms with Crippen LogP contribution in [0.2, 0.25) is 0 Å². The molecule has 10 atom stereocenters. The zero-order valence-corrected chi connectivity index (χ0v) is 29.2. The molecule has 0 aliphatic carbocycles. The summed E-state index contributed by atoms with van der Waals surface area (Å²) in [6.45, 7) is 6.70.